The second-order valence-corrected chi connectivity index (χ2v) is 7.17. The number of aromatic nitrogens is 2. The number of benzene rings is 1. The molecule has 1 aliphatic rings. The predicted octanol–water partition coefficient (Wildman–Crippen LogP) is 4.04. The van der Waals surface area contributed by atoms with Crippen LogP contribution in [0.15, 0.2) is 53.1 Å². The van der Waals surface area contributed by atoms with Gasteiger partial charge in [-0.15, -0.1) is 0 Å². The van der Waals surface area contributed by atoms with Crippen LogP contribution in [0.1, 0.15) is 24.3 Å². The van der Waals surface area contributed by atoms with E-state index in [0.29, 0.717) is 35.3 Å². The molecule has 6 nitrogen and oxygen atoms in total. The van der Waals surface area contributed by atoms with Crippen molar-refractivity contribution in [3.05, 3.63) is 59.4 Å². The monoisotopic (exact) mass is 385 g/mol. The molecule has 7 heteroatoms. The summed E-state index contributed by atoms with van der Waals surface area (Å²) in [5.74, 6) is 0.510. The maximum Gasteiger partial charge on any atom is 0.274 e. The lowest BCUT2D eigenvalue weighted by molar-refractivity contribution is -0.0389. The molecule has 27 heavy (non-hydrogen) atoms. The van der Waals surface area contributed by atoms with Crippen LogP contribution in [0.3, 0.4) is 0 Å². The van der Waals surface area contributed by atoms with E-state index in [1.807, 2.05) is 36.9 Å². The van der Waals surface area contributed by atoms with Gasteiger partial charge in [0.2, 0.25) is 0 Å². The van der Waals surface area contributed by atoms with Gasteiger partial charge in [0.25, 0.3) is 5.91 Å². The minimum absolute atomic E-state index is 0.00270. The van der Waals surface area contributed by atoms with E-state index in [2.05, 4.69) is 5.10 Å². The van der Waals surface area contributed by atoms with Gasteiger partial charge >= 0.3 is 0 Å². The number of rotatable bonds is 3. The molecule has 3 heterocycles. The maximum absolute atomic E-state index is 13.1. The standard InChI is InChI=1S/C20H20ClN3O3/c1-13-12-27-14(2)11-23(13)20(25)17-10-18(19-7-4-8-26-19)24(22-17)16-6-3-5-15(21)9-16/h3-10,13-14H,11-12H2,1-2H3. The molecule has 140 valence electrons. The Hall–Kier alpha value is -2.57. The van der Waals surface area contributed by atoms with Gasteiger partial charge in [-0.3, -0.25) is 4.79 Å². The molecule has 1 saturated heterocycles. The zero-order valence-corrected chi connectivity index (χ0v) is 15.9. The van der Waals surface area contributed by atoms with Crippen LogP contribution in [0.25, 0.3) is 17.1 Å². The summed E-state index contributed by atoms with van der Waals surface area (Å²) in [5, 5.41) is 5.17. The minimum atomic E-state index is -0.119. The van der Waals surface area contributed by atoms with Crippen LogP contribution in [0, 0.1) is 0 Å². The fourth-order valence-corrected chi connectivity index (χ4v) is 3.41. The number of hydrogen-bond acceptors (Lipinski definition) is 4. The predicted molar refractivity (Wildman–Crippen MR) is 102 cm³/mol. The van der Waals surface area contributed by atoms with Gasteiger partial charge in [-0.2, -0.15) is 5.10 Å². The second kappa shape index (κ2) is 7.21. The molecule has 1 aliphatic heterocycles. The van der Waals surface area contributed by atoms with Crippen molar-refractivity contribution in [1.82, 2.24) is 14.7 Å². The van der Waals surface area contributed by atoms with Gasteiger partial charge < -0.3 is 14.1 Å². The first-order chi connectivity index (χ1) is 13.0. The third-order valence-electron chi connectivity index (χ3n) is 4.62. The molecule has 0 saturated carbocycles. The van der Waals surface area contributed by atoms with Crippen LogP contribution in [-0.2, 0) is 4.74 Å². The molecule has 2 aromatic heterocycles. The van der Waals surface area contributed by atoms with Crippen molar-refractivity contribution < 1.29 is 13.9 Å². The van der Waals surface area contributed by atoms with E-state index >= 15 is 0 Å². The van der Waals surface area contributed by atoms with Crippen molar-refractivity contribution in [3.63, 3.8) is 0 Å². The smallest absolute Gasteiger partial charge is 0.274 e. The molecule has 2 unspecified atom stereocenters. The van der Waals surface area contributed by atoms with Gasteiger partial charge in [-0.1, -0.05) is 17.7 Å². The Morgan fingerprint density at radius 1 is 1.22 bits per heavy atom. The van der Waals surface area contributed by atoms with Crippen LogP contribution >= 0.6 is 11.6 Å². The SMILES string of the molecule is CC1CN(C(=O)c2cc(-c3ccco3)n(-c3cccc(Cl)c3)n2)C(C)CO1. The van der Waals surface area contributed by atoms with Crippen molar-refractivity contribution in [2.45, 2.75) is 26.0 Å². The fraction of sp³-hybridized carbons (Fsp3) is 0.300. The summed E-state index contributed by atoms with van der Waals surface area (Å²) in [6, 6.07) is 12.7. The van der Waals surface area contributed by atoms with Gasteiger partial charge in [-0.25, -0.2) is 4.68 Å². The molecule has 4 rings (SSSR count). The number of furan rings is 1. The van der Waals surface area contributed by atoms with E-state index in [0.717, 1.165) is 5.69 Å². The Kier molecular flexibility index (Phi) is 4.76. The maximum atomic E-state index is 13.1. The number of halogens is 1. The van der Waals surface area contributed by atoms with Crippen LogP contribution < -0.4 is 0 Å². The lowest BCUT2D eigenvalue weighted by Crippen LogP contribution is -2.50. The molecule has 0 spiro atoms. The molecule has 2 atom stereocenters. The van der Waals surface area contributed by atoms with Crippen LogP contribution in [0.2, 0.25) is 5.02 Å². The van der Waals surface area contributed by atoms with Gasteiger partial charge in [-0.05, 0) is 44.2 Å². The second-order valence-electron chi connectivity index (χ2n) is 6.73. The van der Waals surface area contributed by atoms with Crippen molar-refractivity contribution in [1.29, 1.82) is 0 Å². The summed E-state index contributed by atoms with van der Waals surface area (Å²) in [7, 11) is 0. The van der Waals surface area contributed by atoms with Crippen molar-refractivity contribution >= 4 is 17.5 Å². The van der Waals surface area contributed by atoms with E-state index in [-0.39, 0.29) is 18.1 Å². The summed E-state index contributed by atoms with van der Waals surface area (Å²) in [6.45, 7) is 5.00. The normalized spacial score (nSPS) is 20.0. The molecular formula is C20H20ClN3O3. The molecule has 0 aliphatic carbocycles. The summed E-state index contributed by atoms with van der Waals surface area (Å²) < 4.78 is 12.9. The molecule has 1 amide bonds. The van der Waals surface area contributed by atoms with Crippen molar-refractivity contribution in [2.24, 2.45) is 0 Å². The largest absolute Gasteiger partial charge is 0.463 e. The molecule has 0 radical (unpaired) electrons. The Morgan fingerprint density at radius 3 is 2.81 bits per heavy atom. The highest BCUT2D eigenvalue weighted by Gasteiger charge is 2.30. The Morgan fingerprint density at radius 2 is 2.07 bits per heavy atom. The Balaban J connectivity index is 1.76. The average molecular weight is 386 g/mol. The first-order valence-corrected chi connectivity index (χ1v) is 9.23. The fourth-order valence-electron chi connectivity index (χ4n) is 3.22. The van der Waals surface area contributed by atoms with Crippen LogP contribution in [0.4, 0.5) is 0 Å². The third kappa shape index (κ3) is 3.50. The van der Waals surface area contributed by atoms with E-state index in [1.165, 1.54) is 0 Å². The summed E-state index contributed by atoms with van der Waals surface area (Å²) in [6.07, 6.45) is 1.60. The summed E-state index contributed by atoms with van der Waals surface area (Å²) in [5.41, 5.74) is 1.82. The van der Waals surface area contributed by atoms with E-state index < -0.39 is 0 Å². The molecule has 1 fully saturated rings. The van der Waals surface area contributed by atoms with Crippen LogP contribution in [0.5, 0.6) is 0 Å². The first-order valence-electron chi connectivity index (χ1n) is 8.85. The average Bonchev–Trinajstić information content (AvgIpc) is 3.32. The summed E-state index contributed by atoms with van der Waals surface area (Å²) >= 11 is 6.14. The van der Waals surface area contributed by atoms with Gasteiger partial charge in [0.05, 0.1) is 30.7 Å². The number of hydrogen-bond donors (Lipinski definition) is 0. The zero-order chi connectivity index (χ0) is 19.0. The molecule has 0 bridgehead atoms. The minimum Gasteiger partial charge on any atom is -0.463 e. The van der Waals surface area contributed by atoms with E-state index in [9.17, 15) is 4.79 Å². The topological polar surface area (TPSA) is 60.5 Å². The highest BCUT2D eigenvalue weighted by atomic mass is 35.5. The Bertz CT molecular complexity index is 951. The lowest BCUT2D eigenvalue weighted by atomic mass is 10.2. The van der Waals surface area contributed by atoms with E-state index in [1.54, 1.807) is 35.2 Å². The quantitative estimate of drug-likeness (QED) is 0.682. The van der Waals surface area contributed by atoms with E-state index in [4.69, 9.17) is 20.8 Å². The number of morpholine rings is 1. The Labute approximate surface area is 162 Å². The molecule has 3 aromatic rings. The van der Waals surface area contributed by atoms with Gasteiger partial charge in [0, 0.05) is 17.6 Å². The number of carbonyl (C=O) groups is 1. The summed E-state index contributed by atoms with van der Waals surface area (Å²) in [4.78, 5) is 14.9. The highest BCUT2D eigenvalue weighted by molar-refractivity contribution is 6.30. The molecular weight excluding hydrogens is 366 g/mol. The number of nitrogens with zero attached hydrogens (tertiary/aromatic N) is 3. The first kappa shape index (κ1) is 17.8. The number of carbonyl (C=O) groups excluding carboxylic acids is 1. The van der Waals surface area contributed by atoms with Crippen molar-refractivity contribution in [3.8, 4) is 17.1 Å². The number of amides is 1. The van der Waals surface area contributed by atoms with Gasteiger partial charge in [0.1, 0.15) is 5.69 Å². The molecule has 0 N–H and O–H groups in total. The van der Waals surface area contributed by atoms with Gasteiger partial charge in [0.15, 0.2) is 11.5 Å². The highest BCUT2D eigenvalue weighted by Crippen LogP contribution is 2.27. The molecule has 1 aromatic carbocycles. The third-order valence-corrected chi connectivity index (χ3v) is 4.86. The lowest BCUT2D eigenvalue weighted by Gasteiger charge is -2.36. The number of ether oxygens (including phenoxy) is 1. The van der Waals surface area contributed by atoms with Crippen molar-refractivity contribution in [2.75, 3.05) is 13.2 Å². The zero-order valence-electron chi connectivity index (χ0n) is 15.1. The van der Waals surface area contributed by atoms with Crippen LogP contribution in [-0.4, -0.2) is 45.9 Å².